The van der Waals surface area contributed by atoms with Gasteiger partial charge in [0, 0.05) is 19.6 Å². The van der Waals surface area contributed by atoms with Crippen molar-refractivity contribution in [2.75, 3.05) is 36.9 Å². The molecule has 0 aliphatic carbocycles. The summed E-state index contributed by atoms with van der Waals surface area (Å²) in [6.45, 7) is 1.04. The molecule has 1 aliphatic heterocycles. The first-order valence-electron chi connectivity index (χ1n) is 5.96. The van der Waals surface area contributed by atoms with Gasteiger partial charge in [0.2, 0.25) is 15.9 Å². The van der Waals surface area contributed by atoms with Crippen molar-refractivity contribution < 1.29 is 23.1 Å². The quantitative estimate of drug-likeness (QED) is 0.647. The number of carbonyl (C=O) groups is 2. The van der Waals surface area contributed by atoms with Crippen LogP contribution < -0.4 is 5.32 Å². The summed E-state index contributed by atoms with van der Waals surface area (Å²) < 4.78 is 24.7. The maximum atomic E-state index is 11.6. The number of carboxylic acid groups (broad SMARTS) is 1. The van der Waals surface area contributed by atoms with E-state index in [0.717, 1.165) is 18.2 Å². The van der Waals surface area contributed by atoms with Gasteiger partial charge in [-0.2, -0.15) is 0 Å². The highest BCUT2D eigenvalue weighted by molar-refractivity contribution is 8.00. The summed E-state index contributed by atoms with van der Waals surface area (Å²) in [6, 6.07) is 0. The number of nitrogens with one attached hydrogen (secondary N) is 1. The molecular formula is C10H18N2O5S2. The lowest BCUT2D eigenvalue weighted by atomic mass is 10.3. The highest BCUT2D eigenvalue weighted by Crippen LogP contribution is 2.12. The van der Waals surface area contributed by atoms with Crippen molar-refractivity contribution in [3.8, 4) is 0 Å². The molecule has 1 rings (SSSR count). The van der Waals surface area contributed by atoms with E-state index in [0.29, 0.717) is 13.0 Å². The van der Waals surface area contributed by atoms with E-state index in [9.17, 15) is 18.0 Å². The molecule has 0 aromatic rings. The first kappa shape index (κ1) is 16.3. The molecule has 0 bridgehead atoms. The van der Waals surface area contributed by atoms with Gasteiger partial charge in [0.15, 0.2) is 0 Å². The minimum atomic E-state index is -3.15. The number of carboxylic acids is 1. The fraction of sp³-hybridized carbons (Fsp3) is 0.800. The summed E-state index contributed by atoms with van der Waals surface area (Å²) in [5.74, 6) is -1.11. The van der Waals surface area contributed by atoms with Gasteiger partial charge in [0.25, 0.3) is 0 Å². The van der Waals surface area contributed by atoms with Crippen molar-refractivity contribution in [3.63, 3.8) is 0 Å². The van der Waals surface area contributed by atoms with Gasteiger partial charge in [-0.15, -0.1) is 11.8 Å². The molecule has 1 amide bonds. The smallest absolute Gasteiger partial charge is 0.313 e. The van der Waals surface area contributed by atoms with Crippen LogP contribution in [-0.2, 0) is 19.6 Å². The zero-order chi connectivity index (χ0) is 14.3. The molecule has 7 nitrogen and oxygen atoms in total. The number of sulfonamides is 1. The summed E-state index contributed by atoms with van der Waals surface area (Å²) in [5.41, 5.74) is 0. The zero-order valence-electron chi connectivity index (χ0n) is 10.5. The number of hydrogen-bond acceptors (Lipinski definition) is 5. The standard InChI is InChI=1S/C10H18N2O5S2/c13-9(7-18-8-10(14)15)11-3-5-12-4-1-2-6-19(12,16)17/h1-8H2,(H,11,13)(H,14,15). The van der Waals surface area contributed by atoms with Crippen molar-refractivity contribution >= 4 is 33.7 Å². The number of aliphatic carboxylic acids is 1. The van der Waals surface area contributed by atoms with E-state index in [1.807, 2.05) is 0 Å². The van der Waals surface area contributed by atoms with Crippen LogP contribution >= 0.6 is 11.8 Å². The molecular weight excluding hydrogens is 292 g/mol. The van der Waals surface area contributed by atoms with E-state index < -0.39 is 16.0 Å². The Morgan fingerprint density at radius 2 is 2.00 bits per heavy atom. The summed E-state index contributed by atoms with van der Waals surface area (Å²) in [4.78, 5) is 21.6. The average Bonchev–Trinajstić information content (AvgIpc) is 2.30. The van der Waals surface area contributed by atoms with E-state index >= 15 is 0 Å². The first-order valence-corrected chi connectivity index (χ1v) is 8.72. The largest absolute Gasteiger partial charge is 0.481 e. The van der Waals surface area contributed by atoms with Crippen molar-refractivity contribution in [3.05, 3.63) is 0 Å². The van der Waals surface area contributed by atoms with Gasteiger partial charge in [0.1, 0.15) is 0 Å². The Kier molecular flexibility index (Phi) is 6.59. The van der Waals surface area contributed by atoms with Crippen LogP contribution in [0.4, 0.5) is 0 Å². The number of carbonyl (C=O) groups excluding carboxylic acids is 1. The van der Waals surface area contributed by atoms with Crippen LogP contribution in [0.5, 0.6) is 0 Å². The molecule has 1 saturated heterocycles. The predicted octanol–water partition coefficient (Wildman–Crippen LogP) is -0.654. The van der Waals surface area contributed by atoms with E-state index in [-0.39, 0.29) is 36.3 Å². The second-order valence-electron chi connectivity index (χ2n) is 4.16. The van der Waals surface area contributed by atoms with Gasteiger partial charge in [-0.3, -0.25) is 9.59 Å². The molecule has 1 heterocycles. The normalized spacial score (nSPS) is 18.9. The third kappa shape index (κ3) is 6.26. The minimum absolute atomic E-state index is 0.0685. The molecule has 0 radical (unpaired) electrons. The van der Waals surface area contributed by atoms with E-state index in [1.54, 1.807) is 0 Å². The molecule has 0 atom stereocenters. The molecule has 2 N–H and O–H groups in total. The van der Waals surface area contributed by atoms with Crippen LogP contribution in [0.2, 0.25) is 0 Å². The topological polar surface area (TPSA) is 104 Å². The first-order chi connectivity index (χ1) is 8.92. The van der Waals surface area contributed by atoms with Gasteiger partial charge in [0.05, 0.1) is 17.3 Å². The zero-order valence-corrected chi connectivity index (χ0v) is 12.1. The predicted molar refractivity (Wildman–Crippen MR) is 72.6 cm³/mol. The Bertz CT molecular complexity index is 424. The lowest BCUT2D eigenvalue weighted by Gasteiger charge is -2.26. The van der Waals surface area contributed by atoms with Gasteiger partial charge in [-0.25, -0.2) is 12.7 Å². The second kappa shape index (κ2) is 7.71. The highest BCUT2D eigenvalue weighted by atomic mass is 32.2. The number of thioether (sulfide) groups is 1. The molecule has 0 saturated carbocycles. The van der Waals surface area contributed by atoms with Crippen LogP contribution in [-0.4, -0.2) is 66.6 Å². The third-order valence-electron chi connectivity index (χ3n) is 2.60. The van der Waals surface area contributed by atoms with E-state index in [4.69, 9.17) is 5.11 Å². The van der Waals surface area contributed by atoms with Crippen LogP contribution in [0.3, 0.4) is 0 Å². The number of amides is 1. The Morgan fingerprint density at radius 1 is 1.26 bits per heavy atom. The number of hydrogen-bond donors (Lipinski definition) is 2. The summed E-state index contributed by atoms with van der Waals surface area (Å²) >= 11 is 1.01. The van der Waals surface area contributed by atoms with Gasteiger partial charge >= 0.3 is 5.97 Å². The van der Waals surface area contributed by atoms with Crippen molar-refractivity contribution in [2.45, 2.75) is 12.8 Å². The fourth-order valence-corrected chi connectivity index (χ4v) is 3.86. The monoisotopic (exact) mass is 310 g/mol. The summed E-state index contributed by atoms with van der Waals surface area (Å²) in [7, 11) is -3.15. The van der Waals surface area contributed by atoms with Crippen LogP contribution in [0.15, 0.2) is 0 Å². The average molecular weight is 310 g/mol. The number of rotatable bonds is 7. The van der Waals surface area contributed by atoms with Gasteiger partial charge in [-0.1, -0.05) is 0 Å². The van der Waals surface area contributed by atoms with E-state index in [1.165, 1.54) is 4.31 Å². The SMILES string of the molecule is O=C(O)CSCC(=O)NCCN1CCCCS1(=O)=O. The van der Waals surface area contributed by atoms with E-state index in [2.05, 4.69) is 5.32 Å². The van der Waals surface area contributed by atoms with Crippen LogP contribution in [0, 0.1) is 0 Å². The molecule has 19 heavy (non-hydrogen) atoms. The lowest BCUT2D eigenvalue weighted by molar-refractivity contribution is -0.133. The molecule has 0 aromatic carbocycles. The third-order valence-corrected chi connectivity index (χ3v) is 5.47. The molecule has 0 spiro atoms. The number of nitrogens with zero attached hydrogens (tertiary/aromatic N) is 1. The Morgan fingerprint density at radius 3 is 2.63 bits per heavy atom. The van der Waals surface area contributed by atoms with Crippen molar-refractivity contribution in [1.29, 1.82) is 0 Å². The minimum Gasteiger partial charge on any atom is -0.481 e. The van der Waals surface area contributed by atoms with Crippen molar-refractivity contribution in [2.24, 2.45) is 0 Å². The molecule has 110 valence electrons. The second-order valence-corrected chi connectivity index (χ2v) is 7.23. The Balaban J connectivity index is 2.19. The molecule has 1 aliphatic rings. The maximum absolute atomic E-state index is 11.6. The van der Waals surface area contributed by atoms with Crippen LogP contribution in [0.1, 0.15) is 12.8 Å². The molecule has 0 unspecified atom stereocenters. The molecule has 1 fully saturated rings. The van der Waals surface area contributed by atoms with Crippen LogP contribution in [0.25, 0.3) is 0 Å². The summed E-state index contributed by atoms with van der Waals surface area (Å²) in [6.07, 6.45) is 1.54. The molecule has 9 heteroatoms. The van der Waals surface area contributed by atoms with Gasteiger partial charge in [-0.05, 0) is 12.8 Å². The maximum Gasteiger partial charge on any atom is 0.313 e. The summed E-state index contributed by atoms with van der Waals surface area (Å²) in [5, 5.41) is 11.0. The van der Waals surface area contributed by atoms with Crippen molar-refractivity contribution in [1.82, 2.24) is 9.62 Å². The Labute approximate surface area is 116 Å². The Hall–Kier alpha value is -0.800. The fourth-order valence-electron chi connectivity index (χ4n) is 1.69. The van der Waals surface area contributed by atoms with Gasteiger partial charge < -0.3 is 10.4 Å². The molecule has 0 aromatic heterocycles. The lowest BCUT2D eigenvalue weighted by Crippen LogP contribution is -2.42. The highest BCUT2D eigenvalue weighted by Gasteiger charge is 2.24.